The fraction of sp³-hybridized carbons (Fsp3) is 0.192. The summed E-state index contributed by atoms with van der Waals surface area (Å²) >= 11 is 1.01. The molecule has 6 aromatic rings. The minimum Gasteiger partial charge on any atom is -0.336 e. The van der Waals surface area contributed by atoms with Gasteiger partial charge in [0.1, 0.15) is 16.9 Å². The van der Waals surface area contributed by atoms with Crippen LogP contribution in [0, 0.1) is 5.13 Å². The number of alkyl halides is 2. The van der Waals surface area contributed by atoms with Gasteiger partial charge in [-0.2, -0.15) is 9.49 Å². The number of nitrogens with one attached hydrogen (secondary N) is 2. The van der Waals surface area contributed by atoms with Crippen LogP contribution < -0.4 is 0 Å². The third kappa shape index (κ3) is 4.11. The van der Waals surface area contributed by atoms with Crippen LogP contribution in [0.1, 0.15) is 12.0 Å². The lowest BCUT2D eigenvalue weighted by molar-refractivity contribution is 0.0115. The van der Waals surface area contributed by atoms with Crippen LogP contribution in [-0.4, -0.2) is 59.0 Å². The van der Waals surface area contributed by atoms with Crippen LogP contribution in [0.15, 0.2) is 55.1 Å². The molecule has 0 radical (unpaired) electrons. The van der Waals surface area contributed by atoms with Crippen molar-refractivity contribution < 1.29 is 13.2 Å². The van der Waals surface area contributed by atoms with Gasteiger partial charge in [-0.05, 0) is 35.9 Å². The van der Waals surface area contributed by atoms with E-state index in [2.05, 4.69) is 30.1 Å². The molecule has 0 amide bonds. The smallest absolute Gasteiger partial charge is 0.261 e. The predicted octanol–water partition coefficient (Wildman–Crippen LogP) is 5.67. The second-order valence-electron chi connectivity index (χ2n) is 9.34. The van der Waals surface area contributed by atoms with Crippen molar-refractivity contribution in [2.24, 2.45) is 0 Å². The van der Waals surface area contributed by atoms with Gasteiger partial charge >= 0.3 is 0 Å². The number of nitrogens with zero attached hydrogens (tertiary/aromatic N) is 6. The number of hydrogen-bond acceptors (Lipinski definition) is 7. The fourth-order valence-corrected chi connectivity index (χ4v) is 5.57. The lowest BCUT2D eigenvalue weighted by atomic mass is 10.1. The highest BCUT2D eigenvalue weighted by Gasteiger charge is 2.37. The third-order valence-electron chi connectivity index (χ3n) is 6.63. The molecule has 8 nitrogen and oxygen atoms in total. The number of H-pyrrole nitrogens is 2. The summed E-state index contributed by atoms with van der Waals surface area (Å²) in [6.07, 6.45) is 6.69. The van der Waals surface area contributed by atoms with Gasteiger partial charge in [-0.15, -0.1) is 11.3 Å². The van der Waals surface area contributed by atoms with E-state index >= 15 is 0 Å². The van der Waals surface area contributed by atoms with Crippen molar-refractivity contribution in [2.45, 2.75) is 18.9 Å². The summed E-state index contributed by atoms with van der Waals surface area (Å²) in [7, 11) is 0. The number of aromatic nitrogens is 7. The van der Waals surface area contributed by atoms with Crippen molar-refractivity contribution in [2.75, 3.05) is 13.1 Å². The van der Waals surface area contributed by atoms with Crippen LogP contribution in [0.5, 0.6) is 0 Å². The van der Waals surface area contributed by atoms with Crippen molar-refractivity contribution in [3.63, 3.8) is 0 Å². The third-order valence-corrected chi connectivity index (χ3v) is 7.51. The number of halogens is 3. The molecule has 0 aromatic carbocycles. The zero-order valence-electron chi connectivity index (χ0n) is 19.8. The summed E-state index contributed by atoms with van der Waals surface area (Å²) in [5.41, 5.74) is 5.63. The van der Waals surface area contributed by atoms with Crippen molar-refractivity contribution in [3.05, 3.63) is 65.8 Å². The molecule has 1 fully saturated rings. The van der Waals surface area contributed by atoms with E-state index in [1.54, 1.807) is 35.8 Å². The average Bonchev–Trinajstić information content (AvgIpc) is 3.69. The lowest BCUT2D eigenvalue weighted by Crippen LogP contribution is -2.24. The van der Waals surface area contributed by atoms with Gasteiger partial charge in [0.05, 0.1) is 22.3 Å². The molecule has 6 aromatic heterocycles. The van der Waals surface area contributed by atoms with Crippen LogP contribution in [0.25, 0.3) is 55.3 Å². The maximum absolute atomic E-state index is 13.7. The second-order valence-corrected chi connectivity index (χ2v) is 10.4. The highest BCUT2D eigenvalue weighted by Crippen LogP contribution is 2.34. The predicted molar refractivity (Wildman–Crippen MR) is 138 cm³/mol. The van der Waals surface area contributed by atoms with Gasteiger partial charge in [0.2, 0.25) is 0 Å². The molecular weight excluding hydrogens is 513 g/mol. The Labute approximate surface area is 217 Å². The van der Waals surface area contributed by atoms with E-state index < -0.39 is 5.92 Å². The van der Waals surface area contributed by atoms with Crippen LogP contribution in [0.3, 0.4) is 0 Å². The van der Waals surface area contributed by atoms with Gasteiger partial charge in [0.25, 0.3) is 5.92 Å². The number of likely N-dealkylation sites (tertiary alicyclic amines) is 1. The SMILES string of the molecule is Fc1ccc(-c2nccc3[nH]c(-c4n[nH]c5ncc(-c6cncc(CN7CCC(F)(F)C7)c6)cc45)nc23)s1. The minimum atomic E-state index is -2.63. The van der Waals surface area contributed by atoms with Crippen LogP contribution in [0.4, 0.5) is 13.2 Å². The van der Waals surface area contributed by atoms with Gasteiger partial charge in [0, 0.05) is 55.4 Å². The first-order valence-corrected chi connectivity index (χ1v) is 12.7. The Balaban J connectivity index is 1.24. The molecule has 38 heavy (non-hydrogen) atoms. The van der Waals surface area contributed by atoms with Crippen molar-refractivity contribution in [3.8, 4) is 33.2 Å². The summed E-state index contributed by atoms with van der Waals surface area (Å²) in [5.74, 6) is -2.11. The summed E-state index contributed by atoms with van der Waals surface area (Å²) in [6.45, 7) is 0.533. The Bertz CT molecular complexity index is 1810. The highest BCUT2D eigenvalue weighted by molar-refractivity contribution is 7.13. The summed E-state index contributed by atoms with van der Waals surface area (Å²) in [4.78, 5) is 23.8. The number of rotatable bonds is 5. The summed E-state index contributed by atoms with van der Waals surface area (Å²) in [5, 5.41) is 7.86. The lowest BCUT2D eigenvalue weighted by Gasteiger charge is -2.15. The van der Waals surface area contributed by atoms with Crippen LogP contribution in [0.2, 0.25) is 0 Å². The first-order valence-electron chi connectivity index (χ1n) is 11.9. The molecule has 0 bridgehead atoms. The highest BCUT2D eigenvalue weighted by atomic mass is 32.1. The van der Waals surface area contributed by atoms with Crippen LogP contribution in [-0.2, 0) is 6.54 Å². The number of thiophene rings is 1. The molecule has 7 heterocycles. The Morgan fingerprint density at radius 2 is 1.92 bits per heavy atom. The Hall–Kier alpha value is -4.16. The Morgan fingerprint density at radius 3 is 2.74 bits per heavy atom. The normalized spacial score (nSPS) is 15.7. The first kappa shape index (κ1) is 23.0. The van der Waals surface area contributed by atoms with E-state index in [9.17, 15) is 13.2 Å². The van der Waals surface area contributed by atoms with Crippen LogP contribution >= 0.6 is 11.3 Å². The van der Waals surface area contributed by atoms with Gasteiger partial charge < -0.3 is 4.98 Å². The van der Waals surface area contributed by atoms with E-state index in [0.717, 1.165) is 38.9 Å². The van der Waals surface area contributed by atoms with Gasteiger partial charge in [0.15, 0.2) is 16.6 Å². The van der Waals surface area contributed by atoms with E-state index in [0.29, 0.717) is 46.3 Å². The quantitative estimate of drug-likeness (QED) is 0.297. The van der Waals surface area contributed by atoms with E-state index in [1.165, 1.54) is 6.07 Å². The standard InChI is InChI=1S/C26H19F3N8S/c27-20-2-1-19(38-20)23-22-18(3-5-31-23)33-25(34-22)21-17-8-16(11-32-24(17)36-35-21)15-7-14(9-30-10-15)12-37-6-4-26(28,29)13-37/h1-3,5,7-11H,4,6,12-13H2,(H,33,34)(H,32,35,36). The Morgan fingerprint density at radius 1 is 1.03 bits per heavy atom. The molecular formula is C26H19F3N8S. The summed E-state index contributed by atoms with van der Waals surface area (Å²) < 4.78 is 40.9. The molecule has 0 atom stereocenters. The number of aromatic amines is 2. The number of fused-ring (bicyclic) bond motifs is 2. The molecule has 1 aliphatic rings. The number of hydrogen-bond donors (Lipinski definition) is 2. The molecule has 1 aliphatic heterocycles. The van der Waals surface area contributed by atoms with Gasteiger partial charge in [-0.1, -0.05) is 0 Å². The Kier molecular flexibility index (Phi) is 5.27. The minimum absolute atomic E-state index is 0.118. The summed E-state index contributed by atoms with van der Waals surface area (Å²) in [6, 6.07) is 8.81. The van der Waals surface area contributed by atoms with E-state index in [1.807, 2.05) is 18.2 Å². The second kappa shape index (κ2) is 8.71. The monoisotopic (exact) mass is 532 g/mol. The van der Waals surface area contributed by atoms with Gasteiger partial charge in [-0.3, -0.25) is 20.0 Å². The molecule has 7 rings (SSSR count). The van der Waals surface area contributed by atoms with E-state index in [-0.39, 0.29) is 18.1 Å². The topological polar surface area (TPSA) is 99.3 Å². The van der Waals surface area contributed by atoms with Crippen molar-refractivity contribution in [1.29, 1.82) is 0 Å². The van der Waals surface area contributed by atoms with Crippen molar-refractivity contribution >= 4 is 33.4 Å². The molecule has 12 heteroatoms. The van der Waals surface area contributed by atoms with E-state index in [4.69, 9.17) is 4.98 Å². The molecule has 0 aliphatic carbocycles. The molecule has 2 N–H and O–H groups in total. The molecule has 0 unspecified atom stereocenters. The maximum atomic E-state index is 13.7. The van der Waals surface area contributed by atoms with Crippen molar-refractivity contribution in [1.82, 2.24) is 40.0 Å². The molecule has 0 spiro atoms. The molecule has 0 saturated carbocycles. The molecule has 1 saturated heterocycles. The maximum Gasteiger partial charge on any atom is 0.261 e. The molecule has 190 valence electrons. The van der Waals surface area contributed by atoms with Gasteiger partial charge in [-0.25, -0.2) is 18.7 Å². The fourth-order valence-electron chi connectivity index (χ4n) is 4.84. The largest absolute Gasteiger partial charge is 0.336 e. The number of imidazole rings is 1. The first-order chi connectivity index (χ1) is 18.4. The zero-order chi connectivity index (χ0) is 25.9. The number of pyridine rings is 3. The average molecular weight is 533 g/mol. The zero-order valence-corrected chi connectivity index (χ0v) is 20.6.